The Bertz CT molecular complexity index is 292. The van der Waals surface area contributed by atoms with Gasteiger partial charge in [-0.05, 0) is 68.5 Å². The summed E-state index contributed by atoms with van der Waals surface area (Å²) >= 11 is 0. The molecule has 2 nitrogen and oxygen atoms in total. The molecule has 1 saturated heterocycles. The van der Waals surface area contributed by atoms with Crippen LogP contribution >= 0.6 is 0 Å². The van der Waals surface area contributed by atoms with Crippen molar-refractivity contribution >= 4 is 0 Å². The third-order valence-electron chi connectivity index (χ3n) is 5.42. The molecule has 1 heterocycles. The Morgan fingerprint density at radius 1 is 1.10 bits per heavy atom. The van der Waals surface area contributed by atoms with E-state index in [9.17, 15) is 0 Å². The van der Waals surface area contributed by atoms with Crippen molar-refractivity contribution in [1.29, 1.82) is 0 Å². The molecule has 1 saturated carbocycles. The van der Waals surface area contributed by atoms with E-state index in [4.69, 9.17) is 0 Å². The van der Waals surface area contributed by atoms with Crippen molar-refractivity contribution in [2.45, 2.75) is 66.2 Å². The molecular weight excluding hydrogens is 256 g/mol. The average Bonchev–Trinajstić information content (AvgIpc) is 2.99. The van der Waals surface area contributed by atoms with E-state index < -0.39 is 0 Å². The SMILES string of the molecule is CC(C)CNCC1CCN(CC2(CC(C)C)CCCC2)C1. The van der Waals surface area contributed by atoms with Gasteiger partial charge in [-0.25, -0.2) is 0 Å². The van der Waals surface area contributed by atoms with Crippen LogP contribution in [0.1, 0.15) is 66.2 Å². The molecule has 2 fully saturated rings. The minimum absolute atomic E-state index is 0.661. The summed E-state index contributed by atoms with van der Waals surface area (Å²) in [6, 6.07) is 0. The number of hydrogen-bond acceptors (Lipinski definition) is 2. The molecule has 21 heavy (non-hydrogen) atoms. The Kier molecular flexibility index (Phi) is 6.55. The van der Waals surface area contributed by atoms with Crippen LogP contribution in [-0.4, -0.2) is 37.6 Å². The fourth-order valence-corrected chi connectivity index (χ4v) is 4.69. The summed E-state index contributed by atoms with van der Waals surface area (Å²) in [5.74, 6) is 2.52. The Morgan fingerprint density at radius 3 is 2.43 bits per heavy atom. The van der Waals surface area contributed by atoms with Gasteiger partial charge in [0.15, 0.2) is 0 Å². The summed E-state index contributed by atoms with van der Waals surface area (Å²) in [6.45, 7) is 15.9. The highest BCUT2D eigenvalue weighted by atomic mass is 15.2. The zero-order valence-corrected chi connectivity index (χ0v) is 15.0. The fourth-order valence-electron chi connectivity index (χ4n) is 4.69. The lowest BCUT2D eigenvalue weighted by Crippen LogP contribution is -2.36. The molecule has 1 atom stereocenters. The van der Waals surface area contributed by atoms with Gasteiger partial charge in [0.25, 0.3) is 0 Å². The van der Waals surface area contributed by atoms with Gasteiger partial charge in [0.05, 0.1) is 0 Å². The zero-order valence-electron chi connectivity index (χ0n) is 15.0. The molecule has 0 radical (unpaired) electrons. The quantitative estimate of drug-likeness (QED) is 0.723. The number of nitrogens with one attached hydrogen (secondary N) is 1. The van der Waals surface area contributed by atoms with Crippen LogP contribution in [0, 0.1) is 23.2 Å². The Labute approximate surface area is 133 Å². The predicted octanol–water partition coefficient (Wildman–Crippen LogP) is 4.16. The maximum atomic E-state index is 3.66. The van der Waals surface area contributed by atoms with Crippen molar-refractivity contribution in [2.75, 3.05) is 32.7 Å². The smallest absolute Gasteiger partial charge is 0.00382 e. The van der Waals surface area contributed by atoms with Crippen LogP contribution in [-0.2, 0) is 0 Å². The topological polar surface area (TPSA) is 15.3 Å². The van der Waals surface area contributed by atoms with E-state index in [0.29, 0.717) is 5.41 Å². The summed E-state index contributed by atoms with van der Waals surface area (Å²) in [5.41, 5.74) is 0.661. The van der Waals surface area contributed by atoms with Crippen LogP contribution in [0.25, 0.3) is 0 Å². The second kappa shape index (κ2) is 7.97. The lowest BCUT2D eigenvalue weighted by atomic mass is 9.78. The summed E-state index contributed by atoms with van der Waals surface area (Å²) in [7, 11) is 0. The molecule has 2 heteroatoms. The maximum absolute atomic E-state index is 3.66. The second-order valence-electron chi connectivity index (χ2n) is 8.75. The van der Waals surface area contributed by atoms with Gasteiger partial charge in [0, 0.05) is 13.1 Å². The summed E-state index contributed by atoms with van der Waals surface area (Å²) in [6.07, 6.45) is 8.76. The van der Waals surface area contributed by atoms with Crippen LogP contribution in [0.2, 0.25) is 0 Å². The first-order valence-electron chi connectivity index (χ1n) is 9.42. The van der Waals surface area contributed by atoms with Gasteiger partial charge >= 0.3 is 0 Å². The fraction of sp³-hybridized carbons (Fsp3) is 1.00. The predicted molar refractivity (Wildman–Crippen MR) is 92.6 cm³/mol. The normalized spacial score (nSPS) is 26.3. The van der Waals surface area contributed by atoms with E-state index >= 15 is 0 Å². The van der Waals surface area contributed by atoms with Crippen LogP contribution in [0.3, 0.4) is 0 Å². The van der Waals surface area contributed by atoms with Gasteiger partial charge < -0.3 is 10.2 Å². The minimum atomic E-state index is 0.661. The molecule has 0 bridgehead atoms. The molecule has 1 aliphatic carbocycles. The first-order valence-corrected chi connectivity index (χ1v) is 9.42. The summed E-state index contributed by atoms with van der Waals surface area (Å²) < 4.78 is 0. The highest BCUT2D eigenvalue weighted by molar-refractivity contribution is 4.90. The van der Waals surface area contributed by atoms with Crippen molar-refractivity contribution in [3.05, 3.63) is 0 Å². The van der Waals surface area contributed by atoms with E-state index in [2.05, 4.69) is 37.9 Å². The number of likely N-dealkylation sites (tertiary alicyclic amines) is 1. The first kappa shape index (κ1) is 17.3. The van der Waals surface area contributed by atoms with Gasteiger partial charge in [-0.15, -0.1) is 0 Å². The molecule has 1 unspecified atom stereocenters. The van der Waals surface area contributed by atoms with Crippen molar-refractivity contribution in [2.24, 2.45) is 23.2 Å². The molecule has 0 aromatic heterocycles. The van der Waals surface area contributed by atoms with E-state index in [-0.39, 0.29) is 0 Å². The lowest BCUT2D eigenvalue weighted by Gasteiger charge is -2.35. The molecule has 0 aromatic rings. The standard InChI is InChI=1S/C19H38N2/c1-16(2)11-19(8-5-6-9-19)15-21-10-7-18(14-21)13-20-12-17(3)4/h16-18,20H,5-15H2,1-4H3. The maximum Gasteiger partial charge on any atom is 0.00382 e. The van der Waals surface area contributed by atoms with Crippen LogP contribution < -0.4 is 5.32 Å². The van der Waals surface area contributed by atoms with Crippen LogP contribution in [0.5, 0.6) is 0 Å². The molecular formula is C19H38N2. The molecule has 0 aromatic carbocycles. The van der Waals surface area contributed by atoms with Crippen molar-refractivity contribution in [1.82, 2.24) is 10.2 Å². The second-order valence-corrected chi connectivity index (χ2v) is 8.75. The zero-order chi connectivity index (χ0) is 15.3. The van der Waals surface area contributed by atoms with E-state index in [1.165, 1.54) is 71.2 Å². The third kappa shape index (κ3) is 5.56. The van der Waals surface area contributed by atoms with Gasteiger partial charge in [-0.3, -0.25) is 0 Å². The monoisotopic (exact) mass is 294 g/mol. The number of rotatable bonds is 8. The Balaban J connectivity index is 1.75. The molecule has 1 aliphatic heterocycles. The Hall–Kier alpha value is -0.0800. The van der Waals surface area contributed by atoms with Crippen molar-refractivity contribution in [3.8, 4) is 0 Å². The van der Waals surface area contributed by atoms with Gasteiger partial charge in [0.1, 0.15) is 0 Å². The molecule has 1 N–H and O–H groups in total. The number of nitrogens with zero attached hydrogens (tertiary/aromatic N) is 1. The van der Waals surface area contributed by atoms with Gasteiger partial charge in [-0.2, -0.15) is 0 Å². The lowest BCUT2D eigenvalue weighted by molar-refractivity contribution is 0.144. The highest BCUT2D eigenvalue weighted by Gasteiger charge is 2.37. The highest BCUT2D eigenvalue weighted by Crippen LogP contribution is 2.44. The van der Waals surface area contributed by atoms with E-state index in [1.807, 2.05) is 0 Å². The summed E-state index contributed by atoms with van der Waals surface area (Å²) in [4.78, 5) is 2.79. The molecule has 0 amide bonds. The van der Waals surface area contributed by atoms with Gasteiger partial charge in [0.2, 0.25) is 0 Å². The van der Waals surface area contributed by atoms with Crippen LogP contribution in [0.4, 0.5) is 0 Å². The van der Waals surface area contributed by atoms with Crippen molar-refractivity contribution < 1.29 is 0 Å². The molecule has 2 aliphatic rings. The summed E-state index contributed by atoms with van der Waals surface area (Å²) in [5, 5.41) is 3.66. The number of hydrogen-bond donors (Lipinski definition) is 1. The van der Waals surface area contributed by atoms with E-state index in [1.54, 1.807) is 0 Å². The largest absolute Gasteiger partial charge is 0.316 e. The van der Waals surface area contributed by atoms with Crippen molar-refractivity contribution in [3.63, 3.8) is 0 Å². The third-order valence-corrected chi connectivity index (χ3v) is 5.42. The first-order chi connectivity index (χ1) is 9.99. The average molecular weight is 295 g/mol. The molecule has 2 rings (SSSR count). The molecule has 124 valence electrons. The minimum Gasteiger partial charge on any atom is -0.316 e. The van der Waals surface area contributed by atoms with Gasteiger partial charge in [-0.1, -0.05) is 40.5 Å². The van der Waals surface area contributed by atoms with Crippen LogP contribution in [0.15, 0.2) is 0 Å². The molecule has 0 spiro atoms. The Morgan fingerprint density at radius 2 is 1.81 bits per heavy atom. The van der Waals surface area contributed by atoms with E-state index in [0.717, 1.165) is 17.8 Å².